The van der Waals surface area contributed by atoms with E-state index < -0.39 is 5.97 Å². The molecule has 2 aromatic rings. The molecule has 1 aromatic heterocycles. The minimum atomic E-state index is -0.792. The van der Waals surface area contributed by atoms with E-state index in [4.69, 9.17) is 5.11 Å². The zero-order valence-corrected chi connectivity index (χ0v) is 15.7. The third-order valence-corrected chi connectivity index (χ3v) is 5.78. The number of hydrogen-bond donors (Lipinski definition) is 1. The maximum atomic E-state index is 13.3. The number of piperidine rings is 1. The third-order valence-electron chi connectivity index (χ3n) is 5.78. The molecule has 2 heterocycles. The summed E-state index contributed by atoms with van der Waals surface area (Å²) in [6.45, 7) is 1.27. The second kappa shape index (κ2) is 7.73. The molecule has 1 aliphatic heterocycles. The average molecular weight is 385 g/mol. The van der Waals surface area contributed by atoms with Crippen LogP contribution in [0.4, 0.5) is 4.39 Å². The number of amides is 1. The van der Waals surface area contributed by atoms with Gasteiger partial charge in [-0.3, -0.25) is 9.59 Å². The first-order chi connectivity index (χ1) is 13.5. The number of rotatable bonds is 5. The van der Waals surface area contributed by atoms with Crippen molar-refractivity contribution in [1.29, 1.82) is 0 Å². The maximum absolute atomic E-state index is 13.3. The first-order valence-corrected chi connectivity index (χ1v) is 9.90. The summed E-state index contributed by atoms with van der Waals surface area (Å²) < 4.78 is 15.1. The van der Waals surface area contributed by atoms with Crippen LogP contribution in [0, 0.1) is 11.7 Å². The number of aliphatic carboxylic acids is 1. The monoisotopic (exact) mass is 385 g/mol. The zero-order valence-electron chi connectivity index (χ0n) is 15.7. The summed E-state index contributed by atoms with van der Waals surface area (Å²) in [5, 5.41) is 13.5. The lowest BCUT2D eigenvalue weighted by Crippen LogP contribution is -2.40. The zero-order chi connectivity index (χ0) is 19.7. The fourth-order valence-corrected chi connectivity index (χ4v) is 4.37. The summed E-state index contributed by atoms with van der Waals surface area (Å²) in [6, 6.07) is 6.16. The summed E-state index contributed by atoms with van der Waals surface area (Å²) in [7, 11) is 0. The molecule has 6 nitrogen and oxygen atoms in total. The van der Waals surface area contributed by atoms with E-state index in [1.807, 2.05) is 4.90 Å². The fourth-order valence-electron chi connectivity index (χ4n) is 4.37. The SMILES string of the molecule is O=C(O)CCC1CCCN(C(=O)c2nn(-c3ccc(F)cc3)c3c2CCC3)C1. The van der Waals surface area contributed by atoms with Gasteiger partial charge in [0.15, 0.2) is 5.69 Å². The van der Waals surface area contributed by atoms with E-state index in [1.165, 1.54) is 12.1 Å². The van der Waals surface area contributed by atoms with Gasteiger partial charge in [-0.2, -0.15) is 5.10 Å². The van der Waals surface area contributed by atoms with Crippen LogP contribution in [0.15, 0.2) is 24.3 Å². The summed E-state index contributed by atoms with van der Waals surface area (Å²) in [4.78, 5) is 25.9. The van der Waals surface area contributed by atoms with Gasteiger partial charge in [-0.25, -0.2) is 9.07 Å². The molecule has 0 spiro atoms. The predicted octanol–water partition coefficient (Wildman–Crippen LogP) is 3.22. The van der Waals surface area contributed by atoms with E-state index in [2.05, 4.69) is 5.10 Å². The molecule has 0 bridgehead atoms. The number of nitrogens with zero attached hydrogens (tertiary/aromatic N) is 3. The summed E-state index contributed by atoms with van der Waals surface area (Å²) in [5.74, 6) is -0.941. The first kappa shape index (κ1) is 18.7. The number of halogens is 1. The van der Waals surface area contributed by atoms with Crippen LogP contribution in [0.1, 0.15) is 53.8 Å². The Labute approximate surface area is 163 Å². The predicted molar refractivity (Wildman–Crippen MR) is 101 cm³/mol. The molecule has 1 unspecified atom stereocenters. The van der Waals surface area contributed by atoms with Crippen LogP contribution < -0.4 is 0 Å². The summed E-state index contributed by atoms with van der Waals surface area (Å²) in [6.07, 6.45) is 5.25. The van der Waals surface area contributed by atoms with Crippen molar-refractivity contribution in [2.24, 2.45) is 5.92 Å². The first-order valence-electron chi connectivity index (χ1n) is 9.90. The Morgan fingerprint density at radius 2 is 1.96 bits per heavy atom. The van der Waals surface area contributed by atoms with E-state index in [9.17, 15) is 14.0 Å². The van der Waals surface area contributed by atoms with Gasteiger partial charge in [0.25, 0.3) is 5.91 Å². The maximum Gasteiger partial charge on any atom is 0.303 e. The van der Waals surface area contributed by atoms with Gasteiger partial charge in [-0.15, -0.1) is 0 Å². The summed E-state index contributed by atoms with van der Waals surface area (Å²) in [5.41, 5.74) is 3.30. The number of carboxylic acids is 1. The molecule has 7 heteroatoms. The van der Waals surface area contributed by atoms with E-state index in [0.717, 1.165) is 49.0 Å². The van der Waals surface area contributed by atoms with Crippen molar-refractivity contribution < 1.29 is 19.1 Å². The molecule has 1 atom stereocenters. The number of carboxylic acid groups (broad SMARTS) is 1. The van der Waals surface area contributed by atoms with E-state index in [0.29, 0.717) is 25.2 Å². The number of carbonyl (C=O) groups is 2. The van der Waals surface area contributed by atoms with Crippen molar-refractivity contribution in [3.8, 4) is 5.69 Å². The van der Waals surface area contributed by atoms with E-state index in [1.54, 1.807) is 16.8 Å². The van der Waals surface area contributed by atoms with Crippen molar-refractivity contribution >= 4 is 11.9 Å². The van der Waals surface area contributed by atoms with Crippen molar-refractivity contribution in [2.45, 2.75) is 44.9 Å². The van der Waals surface area contributed by atoms with Crippen molar-refractivity contribution in [3.05, 3.63) is 47.0 Å². The lowest BCUT2D eigenvalue weighted by Gasteiger charge is -2.32. The Balaban J connectivity index is 1.57. The second-order valence-electron chi connectivity index (χ2n) is 7.71. The minimum absolute atomic E-state index is 0.0703. The third kappa shape index (κ3) is 3.66. The molecule has 1 fully saturated rings. The standard InChI is InChI=1S/C21H24FN3O3/c22-15-7-9-16(10-8-15)25-18-5-1-4-17(18)20(23-25)21(28)24-12-2-3-14(13-24)6-11-19(26)27/h7-10,14H,1-6,11-13H2,(H,26,27). The molecule has 148 valence electrons. The largest absolute Gasteiger partial charge is 0.481 e. The molecule has 28 heavy (non-hydrogen) atoms. The number of aromatic nitrogens is 2. The van der Waals surface area contributed by atoms with Crippen LogP contribution in [0.3, 0.4) is 0 Å². The molecule has 1 saturated heterocycles. The van der Waals surface area contributed by atoms with Crippen LogP contribution in [-0.4, -0.2) is 44.8 Å². The molecule has 0 saturated carbocycles. The molecule has 1 aliphatic carbocycles. The van der Waals surface area contributed by atoms with E-state index >= 15 is 0 Å². The Kier molecular flexibility index (Phi) is 5.15. The van der Waals surface area contributed by atoms with Gasteiger partial charge in [0.1, 0.15) is 5.82 Å². The molecule has 0 radical (unpaired) electrons. The van der Waals surface area contributed by atoms with Crippen LogP contribution in [0.5, 0.6) is 0 Å². The average Bonchev–Trinajstić information content (AvgIpc) is 3.30. The van der Waals surface area contributed by atoms with Gasteiger partial charge in [-0.1, -0.05) is 0 Å². The number of carbonyl (C=O) groups excluding carboxylic acids is 1. The lowest BCUT2D eigenvalue weighted by atomic mass is 9.93. The molecule has 2 aliphatic rings. The van der Waals surface area contributed by atoms with E-state index in [-0.39, 0.29) is 24.1 Å². The van der Waals surface area contributed by atoms with Gasteiger partial charge in [-0.05, 0) is 68.7 Å². The van der Waals surface area contributed by atoms with Gasteiger partial charge < -0.3 is 10.0 Å². The van der Waals surface area contributed by atoms with Gasteiger partial charge >= 0.3 is 5.97 Å². The fraction of sp³-hybridized carbons (Fsp3) is 0.476. The number of benzene rings is 1. The second-order valence-corrected chi connectivity index (χ2v) is 7.71. The number of hydrogen-bond acceptors (Lipinski definition) is 3. The molecule has 4 rings (SSSR count). The molecular weight excluding hydrogens is 361 g/mol. The lowest BCUT2D eigenvalue weighted by molar-refractivity contribution is -0.137. The Morgan fingerprint density at radius 1 is 1.18 bits per heavy atom. The minimum Gasteiger partial charge on any atom is -0.481 e. The number of fused-ring (bicyclic) bond motifs is 1. The quantitative estimate of drug-likeness (QED) is 0.858. The highest BCUT2D eigenvalue weighted by Crippen LogP contribution is 2.30. The Bertz CT molecular complexity index is 891. The topological polar surface area (TPSA) is 75.4 Å². The molecule has 1 N–H and O–H groups in total. The smallest absolute Gasteiger partial charge is 0.303 e. The van der Waals surface area contributed by atoms with Crippen molar-refractivity contribution in [3.63, 3.8) is 0 Å². The van der Waals surface area contributed by atoms with Gasteiger partial charge in [0.2, 0.25) is 0 Å². The highest BCUT2D eigenvalue weighted by Gasteiger charge is 2.32. The Morgan fingerprint density at radius 3 is 2.71 bits per heavy atom. The highest BCUT2D eigenvalue weighted by molar-refractivity contribution is 5.94. The van der Waals surface area contributed by atoms with Crippen LogP contribution in [0.25, 0.3) is 5.69 Å². The van der Waals surface area contributed by atoms with Crippen LogP contribution in [0.2, 0.25) is 0 Å². The van der Waals surface area contributed by atoms with Gasteiger partial charge in [0.05, 0.1) is 5.69 Å². The highest BCUT2D eigenvalue weighted by atomic mass is 19.1. The van der Waals surface area contributed by atoms with Crippen LogP contribution >= 0.6 is 0 Å². The Hall–Kier alpha value is -2.70. The van der Waals surface area contributed by atoms with Crippen LogP contribution in [-0.2, 0) is 17.6 Å². The molecule has 1 amide bonds. The van der Waals surface area contributed by atoms with Crippen molar-refractivity contribution in [1.82, 2.24) is 14.7 Å². The number of likely N-dealkylation sites (tertiary alicyclic amines) is 1. The molecule has 1 aromatic carbocycles. The van der Waals surface area contributed by atoms with Crippen molar-refractivity contribution in [2.75, 3.05) is 13.1 Å². The molecular formula is C21H24FN3O3. The van der Waals surface area contributed by atoms with Gasteiger partial charge in [0, 0.05) is 30.8 Å². The normalized spacial score (nSPS) is 18.9. The summed E-state index contributed by atoms with van der Waals surface area (Å²) >= 11 is 0.